The van der Waals surface area contributed by atoms with Gasteiger partial charge in [-0.2, -0.15) is 0 Å². The number of hydrogen-bond acceptors (Lipinski definition) is 3. The highest BCUT2D eigenvalue weighted by Crippen LogP contribution is 1.99. The molecule has 4 N–H and O–H groups in total. The van der Waals surface area contributed by atoms with Crippen LogP contribution in [0.25, 0.3) is 0 Å². The van der Waals surface area contributed by atoms with E-state index in [1.165, 1.54) is 0 Å². The van der Waals surface area contributed by atoms with Crippen molar-refractivity contribution >= 4 is 17.9 Å². The first-order valence-electron chi connectivity index (χ1n) is 6.17. The number of carboxylic acid groups (broad SMARTS) is 1. The Morgan fingerprint density at radius 3 is 2.21 bits per heavy atom. The molecule has 1 unspecified atom stereocenters. The van der Waals surface area contributed by atoms with E-state index in [9.17, 15) is 14.4 Å². The summed E-state index contributed by atoms with van der Waals surface area (Å²) in [7, 11) is 0. The number of rotatable bonds is 6. The number of urea groups is 1. The van der Waals surface area contributed by atoms with E-state index in [1.807, 2.05) is 20.8 Å². The zero-order valence-electron chi connectivity index (χ0n) is 11.9. The fraction of sp³-hybridized carbons (Fsp3) is 0.750. The molecule has 0 aliphatic rings. The van der Waals surface area contributed by atoms with Gasteiger partial charge in [-0.15, -0.1) is 0 Å². The highest BCUT2D eigenvalue weighted by atomic mass is 16.4. The van der Waals surface area contributed by atoms with Crippen LogP contribution in [0.2, 0.25) is 0 Å². The minimum absolute atomic E-state index is 0.114. The van der Waals surface area contributed by atoms with Gasteiger partial charge in [0.1, 0.15) is 0 Å². The SMILES string of the molecule is CC(CCNC(=O)NCC(=O)NC(C)(C)C)C(=O)O. The quantitative estimate of drug-likeness (QED) is 0.558. The number of hydrogen-bond donors (Lipinski definition) is 4. The molecule has 0 radical (unpaired) electrons. The number of carbonyl (C=O) groups excluding carboxylic acids is 2. The van der Waals surface area contributed by atoms with Crippen molar-refractivity contribution in [2.24, 2.45) is 5.92 Å². The standard InChI is InChI=1S/C12H23N3O4/c1-8(10(17)18)5-6-13-11(19)14-7-9(16)15-12(2,3)4/h8H,5-7H2,1-4H3,(H,15,16)(H,17,18)(H2,13,14,19). The van der Waals surface area contributed by atoms with Crippen LogP contribution in [0.4, 0.5) is 4.79 Å². The third kappa shape index (κ3) is 9.87. The van der Waals surface area contributed by atoms with Crippen LogP contribution in [0, 0.1) is 5.92 Å². The van der Waals surface area contributed by atoms with Crippen molar-refractivity contribution in [1.82, 2.24) is 16.0 Å². The Bertz CT molecular complexity index is 336. The van der Waals surface area contributed by atoms with Gasteiger partial charge in [0.15, 0.2) is 0 Å². The molecule has 0 saturated heterocycles. The largest absolute Gasteiger partial charge is 0.481 e. The first-order valence-corrected chi connectivity index (χ1v) is 6.17. The van der Waals surface area contributed by atoms with Crippen LogP contribution in [0.15, 0.2) is 0 Å². The molecule has 0 aliphatic carbocycles. The molecule has 3 amide bonds. The molecule has 7 nitrogen and oxygen atoms in total. The van der Waals surface area contributed by atoms with Gasteiger partial charge in [0.05, 0.1) is 12.5 Å². The van der Waals surface area contributed by atoms with Gasteiger partial charge in [-0.05, 0) is 27.2 Å². The van der Waals surface area contributed by atoms with Crippen LogP contribution in [0.5, 0.6) is 0 Å². The van der Waals surface area contributed by atoms with Crippen LogP contribution in [-0.4, -0.2) is 41.6 Å². The normalized spacial score (nSPS) is 12.4. The molecule has 1 atom stereocenters. The van der Waals surface area contributed by atoms with E-state index >= 15 is 0 Å². The van der Waals surface area contributed by atoms with Gasteiger partial charge >= 0.3 is 12.0 Å². The number of carbonyl (C=O) groups is 3. The topological polar surface area (TPSA) is 108 Å². The summed E-state index contributed by atoms with van der Waals surface area (Å²) in [6.45, 7) is 7.24. The van der Waals surface area contributed by atoms with Gasteiger partial charge < -0.3 is 21.1 Å². The Labute approximate surface area is 113 Å². The predicted molar refractivity (Wildman–Crippen MR) is 70.7 cm³/mol. The molecular formula is C12H23N3O4. The minimum Gasteiger partial charge on any atom is -0.481 e. The second-order valence-corrected chi connectivity index (χ2v) is 5.44. The Hall–Kier alpha value is -1.79. The molecule has 0 heterocycles. The van der Waals surface area contributed by atoms with Crippen molar-refractivity contribution in [2.45, 2.75) is 39.7 Å². The third-order valence-electron chi connectivity index (χ3n) is 2.21. The van der Waals surface area contributed by atoms with Gasteiger partial charge in [-0.3, -0.25) is 9.59 Å². The number of aliphatic carboxylic acids is 1. The van der Waals surface area contributed by atoms with E-state index in [4.69, 9.17) is 5.11 Å². The Morgan fingerprint density at radius 2 is 1.74 bits per heavy atom. The van der Waals surface area contributed by atoms with Gasteiger partial charge in [0.2, 0.25) is 5.91 Å². The lowest BCUT2D eigenvalue weighted by Crippen LogP contribution is -2.47. The molecule has 0 aromatic carbocycles. The maximum Gasteiger partial charge on any atom is 0.315 e. The number of nitrogens with one attached hydrogen (secondary N) is 3. The maximum atomic E-state index is 11.4. The van der Waals surface area contributed by atoms with Crippen LogP contribution >= 0.6 is 0 Å². The van der Waals surface area contributed by atoms with Crippen LogP contribution < -0.4 is 16.0 Å². The summed E-state index contributed by atoms with van der Waals surface area (Å²) in [6.07, 6.45) is 0.344. The molecule has 110 valence electrons. The lowest BCUT2D eigenvalue weighted by molar-refractivity contribution is -0.141. The summed E-state index contributed by atoms with van der Waals surface area (Å²) in [5.41, 5.74) is -0.341. The first kappa shape index (κ1) is 17.2. The third-order valence-corrected chi connectivity index (χ3v) is 2.21. The summed E-state index contributed by atoms with van der Waals surface area (Å²) in [4.78, 5) is 33.3. The Balaban J connectivity index is 3.76. The van der Waals surface area contributed by atoms with Gasteiger partial charge in [-0.1, -0.05) is 6.92 Å². The van der Waals surface area contributed by atoms with Crippen molar-refractivity contribution in [3.63, 3.8) is 0 Å². The van der Waals surface area contributed by atoms with E-state index in [-0.39, 0.29) is 24.5 Å². The van der Waals surface area contributed by atoms with Gasteiger partial charge in [0.25, 0.3) is 0 Å². The molecule has 0 aliphatic heterocycles. The van der Waals surface area contributed by atoms with E-state index < -0.39 is 17.9 Å². The summed E-state index contributed by atoms with van der Waals surface area (Å²) in [5.74, 6) is -1.68. The molecule has 0 aromatic heterocycles. The summed E-state index contributed by atoms with van der Waals surface area (Å²) in [5, 5.41) is 16.2. The molecule has 19 heavy (non-hydrogen) atoms. The summed E-state index contributed by atoms with van der Waals surface area (Å²) in [6, 6.07) is -0.485. The summed E-state index contributed by atoms with van der Waals surface area (Å²) < 4.78 is 0. The highest BCUT2D eigenvalue weighted by molar-refractivity contribution is 5.84. The highest BCUT2D eigenvalue weighted by Gasteiger charge is 2.14. The number of amides is 3. The molecule has 0 saturated carbocycles. The van der Waals surface area contributed by atoms with Crippen molar-refractivity contribution in [3.05, 3.63) is 0 Å². The molecule has 0 bridgehead atoms. The van der Waals surface area contributed by atoms with Gasteiger partial charge in [-0.25, -0.2) is 4.79 Å². The van der Waals surface area contributed by atoms with E-state index in [0.29, 0.717) is 6.42 Å². The first-order chi connectivity index (χ1) is 8.61. The zero-order chi connectivity index (χ0) is 15.1. The predicted octanol–water partition coefficient (Wildman–Crippen LogP) is 0.311. The Kier molecular flexibility index (Phi) is 6.89. The van der Waals surface area contributed by atoms with Crippen LogP contribution in [0.3, 0.4) is 0 Å². The lowest BCUT2D eigenvalue weighted by Gasteiger charge is -2.20. The smallest absolute Gasteiger partial charge is 0.315 e. The molecular weight excluding hydrogens is 250 g/mol. The zero-order valence-corrected chi connectivity index (χ0v) is 11.9. The molecule has 7 heteroatoms. The van der Waals surface area contributed by atoms with Crippen molar-refractivity contribution in [1.29, 1.82) is 0 Å². The van der Waals surface area contributed by atoms with Crippen molar-refractivity contribution in [3.8, 4) is 0 Å². The fourth-order valence-electron chi connectivity index (χ4n) is 1.21. The molecule has 0 fully saturated rings. The average molecular weight is 273 g/mol. The molecule has 0 spiro atoms. The second kappa shape index (κ2) is 7.60. The number of carboxylic acids is 1. The molecule has 0 rings (SSSR count). The van der Waals surface area contributed by atoms with Crippen LogP contribution in [-0.2, 0) is 9.59 Å². The van der Waals surface area contributed by atoms with Crippen molar-refractivity contribution < 1.29 is 19.5 Å². The Morgan fingerprint density at radius 1 is 1.16 bits per heavy atom. The van der Waals surface area contributed by atoms with Crippen molar-refractivity contribution in [2.75, 3.05) is 13.1 Å². The van der Waals surface area contributed by atoms with Gasteiger partial charge in [0, 0.05) is 12.1 Å². The van der Waals surface area contributed by atoms with E-state index in [2.05, 4.69) is 16.0 Å². The average Bonchev–Trinajstić information content (AvgIpc) is 2.23. The lowest BCUT2D eigenvalue weighted by atomic mass is 10.1. The fourth-order valence-corrected chi connectivity index (χ4v) is 1.21. The van der Waals surface area contributed by atoms with E-state index in [0.717, 1.165) is 0 Å². The molecule has 0 aromatic rings. The monoisotopic (exact) mass is 273 g/mol. The second-order valence-electron chi connectivity index (χ2n) is 5.44. The maximum absolute atomic E-state index is 11.4. The summed E-state index contributed by atoms with van der Waals surface area (Å²) >= 11 is 0. The minimum atomic E-state index is -0.897. The van der Waals surface area contributed by atoms with Crippen LogP contribution in [0.1, 0.15) is 34.1 Å². The van der Waals surface area contributed by atoms with E-state index in [1.54, 1.807) is 6.92 Å².